The number of benzene rings is 2. The largest absolute Gasteiger partial charge is 0.285 e. The highest BCUT2D eigenvalue weighted by Gasteiger charge is 2.44. The number of carbonyl (C=O) groups is 4. The molecule has 0 fully saturated rings. The normalized spacial score (nSPS) is 18.0. The zero-order chi connectivity index (χ0) is 32.8. The van der Waals surface area contributed by atoms with E-state index in [2.05, 4.69) is 13.8 Å². The molecular weight excluding hydrogens is 689 g/mol. The van der Waals surface area contributed by atoms with E-state index in [0.29, 0.717) is 21.9 Å². The van der Waals surface area contributed by atoms with Crippen molar-refractivity contribution in [3.8, 4) is 9.75 Å². The molecule has 3 aliphatic rings. The summed E-state index contributed by atoms with van der Waals surface area (Å²) < 4.78 is 60.9. The lowest BCUT2D eigenvalue weighted by Gasteiger charge is -2.20. The summed E-state index contributed by atoms with van der Waals surface area (Å²) in [5.41, 5.74) is 0.744. The van der Waals surface area contributed by atoms with Crippen molar-refractivity contribution < 1.29 is 36.7 Å². The van der Waals surface area contributed by atoms with Gasteiger partial charge in [-0.15, -0.1) is 45.3 Å². The number of fused-ring (bicyclic) bond motifs is 9. The van der Waals surface area contributed by atoms with Crippen LogP contribution in [-0.2, 0) is 15.0 Å². The highest BCUT2D eigenvalue weighted by Crippen LogP contribution is 2.62. The van der Waals surface area contributed by atoms with Gasteiger partial charge in [-0.2, -0.15) is 0 Å². The van der Waals surface area contributed by atoms with Crippen LogP contribution in [0.3, 0.4) is 0 Å². The molecule has 0 bridgehead atoms. The Hall–Kier alpha value is -4.36. The summed E-state index contributed by atoms with van der Waals surface area (Å²) in [5, 5.41) is 0. The third-order valence-corrected chi connectivity index (χ3v) is 13.7. The molecule has 3 aliphatic carbocycles. The van der Waals surface area contributed by atoms with E-state index in [1.807, 2.05) is 12.1 Å². The van der Waals surface area contributed by atoms with Gasteiger partial charge in [-0.1, -0.05) is 13.8 Å². The van der Waals surface area contributed by atoms with Crippen LogP contribution in [0.25, 0.3) is 51.9 Å². The number of rotatable bonds is 2. The first-order valence-electron chi connectivity index (χ1n) is 14.1. The van der Waals surface area contributed by atoms with Crippen molar-refractivity contribution in [3.05, 3.63) is 103 Å². The highest BCUT2D eigenvalue weighted by molar-refractivity contribution is 7.35. The second kappa shape index (κ2) is 9.38. The Morgan fingerprint density at radius 3 is 1.62 bits per heavy atom. The van der Waals surface area contributed by atoms with E-state index in [4.69, 9.17) is 0 Å². The fraction of sp³-hybridized carbons (Fsp3) is 0.0857. The third-order valence-electron chi connectivity index (χ3n) is 8.84. The summed E-state index contributed by atoms with van der Waals surface area (Å²) in [7, 11) is 0. The quantitative estimate of drug-likeness (QED) is 0.102. The zero-order valence-electron chi connectivity index (χ0n) is 23.9. The Bertz CT molecular complexity index is 2620. The molecular formula is C35H14F4O4S4. The summed E-state index contributed by atoms with van der Waals surface area (Å²) >= 11 is 6.07. The monoisotopic (exact) mass is 702 g/mol. The maximum absolute atomic E-state index is 14.7. The van der Waals surface area contributed by atoms with Gasteiger partial charge in [0.15, 0.2) is 0 Å². The predicted molar refractivity (Wildman–Crippen MR) is 178 cm³/mol. The van der Waals surface area contributed by atoms with Gasteiger partial charge in [0, 0.05) is 64.5 Å². The van der Waals surface area contributed by atoms with Crippen molar-refractivity contribution in [2.75, 3.05) is 0 Å². The average Bonchev–Trinajstić information content (AvgIpc) is 3.82. The van der Waals surface area contributed by atoms with Crippen LogP contribution in [0.1, 0.15) is 66.6 Å². The summed E-state index contributed by atoms with van der Waals surface area (Å²) in [6, 6.07) is 6.98. The van der Waals surface area contributed by atoms with Crippen LogP contribution in [0.5, 0.6) is 0 Å². The Morgan fingerprint density at radius 1 is 0.553 bits per heavy atom. The fourth-order valence-electron chi connectivity index (χ4n) is 6.86. The maximum Gasteiger partial charge on any atom is 0.237 e. The topological polar surface area (TPSA) is 68.3 Å². The zero-order valence-corrected chi connectivity index (χ0v) is 27.2. The van der Waals surface area contributed by atoms with Gasteiger partial charge in [-0.3, -0.25) is 19.2 Å². The molecule has 0 radical (unpaired) electrons. The number of carbonyl (C=O) groups excluding carboxylic acids is 4. The lowest BCUT2D eigenvalue weighted by Crippen LogP contribution is -2.14. The molecule has 0 unspecified atom stereocenters. The van der Waals surface area contributed by atoms with Gasteiger partial charge in [0.25, 0.3) is 0 Å². The summed E-state index contributed by atoms with van der Waals surface area (Å²) in [4.78, 5) is 54.1. The molecule has 0 amide bonds. The molecule has 4 nitrogen and oxygen atoms in total. The van der Waals surface area contributed by atoms with Gasteiger partial charge < -0.3 is 0 Å². The Labute approximate surface area is 277 Å². The minimum Gasteiger partial charge on any atom is -0.285 e. The van der Waals surface area contributed by atoms with Crippen LogP contribution in [0.4, 0.5) is 17.6 Å². The minimum absolute atomic E-state index is 0.0376. The first-order chi connectivity index (χ1) is 22.3. The molecule has 4 heterocycles. The highest BCUT2D eigenvalue weighted by atomic mass is 32.1. The van der Waals surface area contributed by atoms with Crippen LogP contribution in [-0.4, -0.2) is 23.1 Å². The van der Waals surface area contributed by atoms with Gasteiger partial charge in [-0.25, -0.2) is 17.6 Å². The van der Waals surface area contributed by atoms with Gasteiger partial charge in [0.2, 0.25) is 23.1 Å². The molecule has 0 saturated heterocycles. The Morgan fingerprint density at radius 2 is 1.04 bits per heavy atom. The first-order valence-corrected chi connectivity index (χ1v) is 17.3. The van der Waals surface area contributed by atoms with Crippen molar-refractivity contribution in [2.24, 2.45) is 0 Å². The second-order valence-corrected chi connectivity index (χ2v) is 16.2. The van der Waals surface area contributed by atoms with E-state index in [-0.39, 0.29) is 27.8 Å². The molecule has 230 valence electrons. The van der Waals surface area contributed by atoms with Gasteiger partial charge in [0.05, 0.1) is 24.7 Å². The lowest BCUT2D eigenvalue weighted by atomic mass is 9.84. The van der Waals surface area contributed by atoms with Crippen LogP contribution in [0, 0.1) is 23.3 Å². The number of halogens is 4. The van der Waals surface area contributed by atoms with E-state index >= 15 is 0 Å². The van der Waals surface area contributed by atoms with Crippen LogP contribution < -0.4 is 0 Å². The number of allylic oxidation sites excluding steroid dienone is 2. The summed E-state index contributed by atoms with van der Waals surface area (Å²) in [6.45, 7) is 4.23. The molecule has 0 atom stereocenters. The van der Waals surface area contributed by atoms with Crippen molar-refractivity contribution in [2.45, 2.75) is 19.3 Å². The molecule has 6 aromatic rings. The smallest absolute Gasteiger partial charge is 0.237 e. The lowest BCUT2D eigenvalue weighted by molar-refractivity contribution is -0.110. The number of hydrogen-bond donors (Lipinski definition) is 0. The molecule has 9 rings (SSSR count). The third kappa shape index (κ3) is 3.78. The predicted octanol–water partition coefficient (Wildman–Crippen LogP) is 9.71. The van der Waals surface area contributed by atoms with Crippen LogP contribution in [0.2, 0.25) is 0 Å². The van der Waals surface area contributed by atoms with E-state index in [1.54, 1.807) is 22.7 Å². The molecule has 12 heteroatoms. The van der Waals surface area contributed by atoms with Crippen LogP contribution >= 0.6 is 45.3 Å². The van der Waals surface area contributed by atoms with Gasteiger partial charge in [-0.05, 0) is 47.5 Å². The van der Waals surface area contributed by atoms with Gasteiger partial charge in [0.1, 0.15) is 23.3 Å². The number of thiophene rings is 4. The number of ketones is 4. The van der Waals surface area contributed by atoms with Crippen molar-refractivity contribution in [1.29, 1.82) is 0 Å². The first kappa shape index (κ1) is 28.8. The van der Waals surface area contributed by atoms with Crippen molar-refractivity contribution in [3.63, 3.8) is 0 Å². The van der Waals surface area contributed by atoms with E-state index in [9.17, 15) is 36.7 Å². The Balaban J connectivity index is 1.13. The molecule has 47 heavy (non-hydrogen) atoms. The second-order valence-electron chi connectivity index (χ2n) is 12.0. The van der Waals surface area contributed by atoms with E-state index < -0.39 is 57.4 Å². The number of hydrogen-bond acceptors (Lipinski definition) is 8. The summed E-state index contributed by atoms with van der Waals surface area (Å²) in [5.74, 6) is -7.49. The molecule has 0 aliphatic heterocycles. The van der Waals surface area contributed by atoms with Crippen molar-refractivity contribution in [1.82, 2.24) is 0 Å². The molecule has 4 aromatic heterocycles. The molecule has 0 N–H and O–H groups in total. The SMILES string of the molecule is CC1(C)c2c(sc3cc(/C=C4\C(=O)C(=O)c5c(F)cc(F)cc54)sc23)-c2sc3cc(/C=C4\C(=O)C(=O)c5cc(F)cc(F)c54)sc3c21. The maximum atomic E-state index is 14.7. The van der Waals surface area contributed by atoms with E-state index in [1.165, 1.54) is 34.8 Å². The molecule has 2 aromatic carbocycles. The summed E-state index contributed by atoms with van der Waals surface area (Å²) in [6.07, 6.45) is 3.02. The van der Waals surface area contributed by atoms with Crippen LogP contribution in [0.15, 0.2) is 36.4 Å². The van der Waals surface area contributed by atoms with Crippen molar-refractivity contribution >= 4 is 111 Å². The molecule has 0 saturated carbocycles. The molecule has 0 spiro atoms. The Kier molecular flexibility index (Phi) is 5.75. The standard InChI is InChI=1S/C35H14F4O4S4/c1-35(2)25-31-21(9-13(44-31)7-16-15-3-11(36)6-20(39)24(15)30(43)27(16)40)46-33(25)34-26(35)32-22(47-34)10-14(45-32)8-18-23-17(28(41)29(18)42)4-12(37)5-19(23)38/h3-10H,1-2H3/b16-7-,18-8-. The number of Topliss-reactive ketones (excluding diaryl/α,β-unsaturated/α-hetero) is 4. The average molecular weight is 703 g/mol. The van der Waals surface area contributed by atoms with Gasteiger partial charge >= 0.3 is 0 Å². The fourth-order valence-corrected chi connectivity index (χ4v) is 12.8. The van der Waals surface area contributed by atoms with E-state index in [0.717, 1.165) is 51.8 Å². The minimum atomic E-state index is -1.06.